The van der Waals surface area contributed by atoms with Crippen LogP contribution in [0.15, 0.2) is 18.3 Å². The van der Waals surface area contributed by atoms with Crippen molar-refractivity contribution in [3.05, 3.63) is 23.5 Å². The van der Waals surface area contributed by atoms with Gasteiger partial charge in [-0.05, 0) is 12.1 Å². The van der Waals surface area contributed by atoms with E-state index in [1.165, 1.54) is 0 Å². The van der Waals surface area contributed by atoms with Gasteiger partial charge in [0.1, 0.15) is 18.2 Å². The normalized spacial score (nSPS) is 18.4. The number of aromatic nitrogens is 1. The van der Waals surface area contributed by atoms with Gasteiger partial charge in [0, 0.05) is 0 Å². The van der Waals surface area contributed by atoms with Gasteiger partial charge < -0.3 is 10.0 Å². The van der Waals surface area contributed by atoms with Gasteiger partial charge in [-0.15, -0.1) is 0 Å². The van der Waals surface area contributed by atoms with Gasteiger partial charge in [-0.3, -0.25) is 0 Å². The minimum Gasteiger partial charge on any atom is -0.435 e. The lowest BCUT2D eigenvalue weighted by Gasteiger charge is -2.36. The molecule has 1 aliphatic rings. The van der Waals surface area contributed by atoms with Gasteiger partial charge in [0.25, 0.3) is 0 Å². The fourth-order valence-corrected chi connectivity index (χ4v) is 2.09. The smallest absolute Gasteiger partial charge is 0.435 e. The number of hydrogen-bond acceptors (Lipinski definition) is 4. The van der Waals surface area contributed by atoms with E-state index in [-0.39, 0.29) is 13.1 Å². The first-order chi connectivity index (χ1) is 8.57. The van der Waals surface area contributed by atoms with E-state index >= 15 is 0 Å². The third kappa shape index (κ3) is 2.30. The first-order valence-electron chi connectivity index (χ1n) is 5.50. The summed E-state index contributed by atoms with van der Waals surface area (Å²) in [6.45, 7) is 1.49. The third-order valence-electron chi connectivity index (χ3n) is 3.20. The van der Waals surface area contributed by atoms with Crippen LogP contribution in [0.25, 0.3) is 0 Å². The van der Waals surface area contributed by atoms with Gasteiger partial charge in [0.15, 0.2) is 0 Å². The minimum atomic E-state index is -1.10. The Hall–Kier alpha value is -1.66. The maximum atomic E-state index is 11.1. The number of pyridine rings is 1. The summed E-state index contributed by atoms with van der Waals surface area (Å²) in [5.41, 5.74) is 0.883. The molecule has 2 rings (SSSR count). The van der Waals surface area contributed by atoms with E-state index < -0.39 is 10.6 Å². The van der Waals surface area contributed by atoms with Crippen molar-refractivity contribution >= 4 is 29.8 Å². The highest BCUT2D eigenvalue weighted by Crippen LogP contribution is 2.19. The number of carboxylic acid groups (broad SMARTS) is 1. The Morgan fingerprint density at radius 1 is 1.44 bits per heavy atom. The Kier molecular flexibility index (Phi) is 3.49. The summed E-state index contributed by atoms with van der Waals surface area (Å²) in [4.78, 5) is 28.0. The molecule has 0 spiro atoms. The van der Waals surface area contributed by atoms with E-state index in [2.05, 4.69) is 4.98 Å². The lowest BCUT2D eigenvalue weighted by molar-refractivity contribution is -0.773. The average Bonchev–Trinajstić information content (AvgIpc) is 2.39. The standard InChI is InChI=1S/C11H12ClN3O3/c12-10-2-1-9(7-13-10)14-3-5-15(8-16,6-4-14)11(17)18/h1-2,7-8H,3-6H2/p+1. The second-order valence-corrected chi connectivity index (χ2v) is 4.58. The van der Waals surface area contributed by atoms with Crippen molar-refractivity contribution in [1.29, 1.82) is 0 Å². The zero-order chi connectivity index (χ0) is 13.2. The second kappa shape index (κ2) is 4.91. The lowest BCUT2D eigenvalue weighted by Crippen LogP contribution is -2.61. The molecule has 0 unspecified atom stereocenters. The van der Waals surface area contributed by atoms with Crippen LogP contribution in [0.3, 0.4) is 0 Å². The third-order valence-corrected chi connectivity index (χ3v) is 3.42. The predicted octanol–water partition coefficient (Wildman–Crippen LogP) is 1.21. The van der Waals surface area contributed by atoms with Crippen molar-refractivity contribution in [3.63, 3.8) is 0 Å². The Bertz CT molecular complexity index is 455. The molecule has 0 radical (unpaired) electrons. The number of halogens is 1. The van der Waals surface area contributed by atoms with Gasteiger partial charge in [-0.25, -0.2) is 9.78 Å². The van der Waals surface area contributed by atoms with Crippen LogP contribution in [0, 0.1) is 0 Å². The number of carbonyl (C=O) groups excluding carboxylic acids is 1. The number of piperazine rings is 1. The van der Waals surface area contributed by atoms with Crippen LogP contribution in [0.2, 0.25) is 5.15 Å². The number of imide groups is 1. The van der Waals surface area contributed by atoms with Gasteiger partial charge in [0.05, 0.1) is 25.0 Å². The van der Waals surface area contributed by atoms with Crippen LogP contribution >= 0.6 is 11.6 Å². The molecule has 18 heavy (non-hydrogen) atoms. The lowest BCUT2D eigenvalue weighted by atomic mass is 10.2. The maximum Gasteiger partial charge on any atom is 0.521 e. The quantitative estimate of drug-likeness (QED) is 0.497. The highest BCUT2D eigenvalue weighted by molar-refractivity contribution is 6.29. The van der Waals surface area contributed by atoms with E-state index in [1.54, 1.807) is 12.3 Å². The molecule has 6 nitrogen and oxygen atoms in total. The highest BCUT2D eigenvalue weighted by atomic mass is 35.5. The van der Waals surface area contributed by atoms with E-state index in [0.717, 1.165) is 5.69 Å². The second-order valence-electron chi connectivity index (χ2n) is 4.20. The molecule has 1 fully saturated rings. The number of carbonyl (C=O) groups is 2. The van der Waals surface area contributed by atoms with Gasteiger partial charge in [0.2, 0.25) is 0 Å². The number of amides is 2. The Morgan fingerprint density at radius 2 is 2.11 bits per heavy atom. The minimum absolute atomic E-state index is 0.251. The molecule has 1 aromatic heterocycles. The summed E-state index contributed by atoms with van der Waals surface area (Å²) in [6, 6.07) is 3.52. The molecule has 2 amide bonds. The summed E-state index contributed by atoms with van der Waals surface area (Å²) in [7, 11) is 0. The van der Waals surface area contributed by atoms with E-state index in [0.29, 0.717) is 24.7 Å². The molecule has 0 aliphatic carbocycles. The van der Waals surface area contributed by atoms with E-state index in [4.69, 9.17) is 16.7 Å². The van der Waals surface area contributed by atoms with E-state index in [1.807, 2.05) is 11.0 Å². The largest absolute Gasteiger partial charge is 0.521 e. The summed E-state index contributed by atoms with van der Waals surface area (Å²) >= 11 is 5.70. The number of rotatable bonds is 2. The number of nitrogens with zero attached hydrogens (tertiary/aromatic N) is 3. The van der Waals surface area contributed by atoms with Crippen LogP contribution < -0.4 is 4.90 Å². The van der Waals surface area contributed by atoms with Crippen LogP contribution in [-0.2, 0) is 4.79 Å². The zero-order valence-corrected chi connectivity index (χ0v) is 10.4. The van der Waals surface area contributed by atoms with Gasteiger partial charge in [-0.1, -0.05) is 11.6 Å². The molecule has 0 bridgehead atoms. The topological polar surface area (TPSA) is 70.5 Å². The van der Waals surface area contributed by atoms with Crippen molar-refractivity contribution in [2.45, 2.75) is 0 Å². The molecule has 1 N–H and O–H groups in total. The number of quaternary nitrogens is 1. The van der Waals surface area contributed by atoms with Crippen molar-refractivity contribution in [3.8, 4) is 0 Å². The molecule has 0 atom stereocenters. The molecule has 1 saturated heterocycles. The zero-order valence-electron chi connectivity index (χ0n) is 9.62. The first-order valence-corrected chi connectivity index (χ1v) is 5.88. The number of hydrogen-bond donors (Lipinski definition) is 1. The van der Waals surface area contributed by atoms with Crippen molar-refractivity contribution < 1.29 is 19.2 Å². The molecule has 1 aromatic rings. The molecule has 0 saturated carbocycles. The van der Waals surface area contributed by atoms with Crippen LogP contribution in [0.4, 0.5) is 10.5 Å². The van der Waals surface area contributed by atoms with Gasteiger partial charge in [-0.2, -0.15) is 9.28 Å². The van der Waals surface area contributed by atoms with Crippen molar-refractivity contribution in [2.75, 3.05) is 31.1 Å². The monoisotopic (exact) mass is 270 g/mol. The maximum absolute atomic E-state index is 11.1. The fraction of sp³-hybridized carbons (Fsp3) is 0.364. The van der Waals surface area contributed by atoms with Crippen molar-refractivity contribution in [2.24, 2.45) is 0 Å². The average molecular weight is 271 g/mol. The SMILES string of the molecule is O=C[N+]1(C(=O)O)CCN(c2ccc(Cl)nc2)CC1. The summed E-state index contributed by atoms with van der Waals surface area (Å²) in [6.07, 6.45) is 1.04. The molecular weight excluding hydrogens is 258 g/mol. The molecular formula is C11H13ClN3O3+. The molecule has 0 aromatic carbocycles. The van der Waals surface area contributed by atoms with Crippen LogP contribution in [0.1, 0.15) is 0 Å². The molecule has 7 heteroatoms. The van der Waals surface area contributed by atoms with E-state index in [9.17, 15) is 9.59 Å². The molecule has 96 valence electrons. The first kappa shape index (κ1) is 12.8. The molecule has 1 aliphatic heterocycles. The van der Waals surface area contributed by atoms with Crippen LogP contribution in [0.5, 0.6) is 0 Å². The number of anilines is 1. The summed E-state index contributed by atoms with van der Waals surface area (Å²) < 4.78 is -0.530. The highest BCUT2D eigenvalue weighted by Gasteiger charge is 2.40. The Balaban J connectivity index is 2.08. The summed E-state index contributed by atoms with van der Waals surface area (Å²) in [5, 5.41) is 9.49. The Labute approximate surface area is 109 Å². The summed E-state index contributed by atoms with van der Waals surface area (Å²) in [5.74, 6) is 0. The molecule has 2 heterocycles. The van der Waals surface area contributed by atoms with Crippen molar-refractivity contribution in [1.82, 2.24) is 4.98 Å². The fourth-order valence-electron chi connectivity index (χ4n) is 1.98. The van der Waals surface area contributed by atoms with Crippen LogP contribution in [-0.4, -0.2) is 53.3 Å². The Morgan fingerprint density at radius 3 is 2.56 bits per heavy atom. The van der Waals surface area contributed by atoms with Gasteiger partial charge >= 0.3 is 12.5 Å². The predicted molar refractivity (Wildman–Crippen MR) is 65.5 cm³/mol.